The second kappa shape index (κ2) is 4.57. The molecular formula is C10H15N3O2. The monoisotopic (exact) mass is 209 g/mol. The van der Waals surface area contributed by atoms with Crippen LogP contribution in [-0.2, 0) is 9.47 Å². The standard InChI is InChI=1S/C10H15N3O2/c11-8-1-2-13-5-7(8)10(12)9-6-14-3-4-15-9/h1-2,5,9-10H,3-4,6,12H2,(H2,11,13). The van der Waals surface area contributed by atoms with Crippen molar-refractivity contribution in [2.24, 2.45) is 5.73 Å². The van der Waals surface area contributed by atoms with E-state index in [1.807, 2.05) is 0 Å². The van der Waals surface area contributed by atoms with Gasteiger partial charge in [-0.15, -0.1) is 0 Å². The van der Waals surface area contributed by atoms with E-state index in [-0.39, 0.29) is 12.1 Å². The molecule has 2 heterocycles. The molecule has 0 bridgehead atoms. The van der Waals surface area contributed by atoms with Gasteiger partial charge in [-0.05, 0) is 6.07 Å². The van der Waals surface area contributed by atoms with Crippen LogP contribution in [0.2, 0.25) is 0 Å². The first-order valence-electron chi connectivity index (χ1n) is 4.93. The summed E-state index contributed by atoms with van der Waals surface area (Å²) in [4.78, 5) is 4.01. The first-order chi connectivity index (χ1) is 7.29. The Kier molecular flexibility index (Phi) is 3.15. The van der Waals surface area contributed by atoms with Gasteiger partial charge in [0.25, 0.3) is 0 Å². The highest BCUT2D eigenvalue weighted by atomic mass is 16.6. The van der Waals surface area contributed by atoms with Crippen molar-refractivity contribution in [3.8, 4) is 0 Å². The van der Waals surface area contributed by atoms with E-state index in [9.17, 15) is 0 Å². The number of anilines is 1. The van der Waals surface area contributed by atoms with Gasteiger partial charge in [0.1, 0.15) is 6.10 Å². The van der Waals surface area contributed by atoms with Crippen LogP contribution < -0.4 is 11.5 Å². The fourth-order valence-electron chi connectivity index (χ4n) is 1.61. The van der Waals surface area contributed by atoms with Crippen LogP contribution in [0.5, 0.6) is 0 Å². The minimum atomic E-state index is -0.279. The van der Waals surface area contributed by atoms with Gasteiger partial charge in [0.2, 0.25) is 0 Å². The molecule has 0 spiro atoms. The number of pyridine rings is 1. The number of aromatic nitrogens is 1. The predicted octanol–water partition coefficient (Wildman–Crippen LogP) is 0.0790. The van der Waals surface area contributed by atoms with Gasteiger partial charge in [0, 0.05) is 23.6 Å². The Hall–Kier alpha value is -1.17. The molecule has 5 nitrogen and oxygen atoms in total. The average molecular weight is 209 g/mol. The number of nitrogens with two attached hydrogens (primary N) is 2. The van der Waals surface area contributed by atoms with Crippen LogP contribution in [0.3, 0.4) is 0 Å². The summed E-state index contributed by atoms with van der Waals surface area (Å²) >= 11 is 0. The Morgan fingerprint density at radius 1 is 1.47 bits per heavy atom. The molecule has 2 rings (SSSR count). The Bertz CT molecular complexity index is 326. The van der Waals surface area contributed by atoms with E-state index in [4.69, 9.17) is 20.9 Å². The number of nitrogen functional groups attached to an aromatic ring is 1. The summed E-state index contributed by atoms with van der Waals surface area (Å²) in [6.07, 6.45) is 3.19. The third-order valence-corrected chi connectivity index (χ3v) is 2.49. The van der Waals surface area contributed by atoms with Crippen LogP contribution in [-0.4, -0.2) is 30.9 Å². The molecule has 0 aliphatic carbocycles. The van der Waals surface area contributed by atoms with Crippen LogP contribution in [0.15, 0.2) is 18.5 Å². The van der Waals surface area contributed by atoms with Gasteiger partial charge in [-0.2, -0.15) is 0 Å². The fourth-order valence-corrected chi connectivity index (χ4v) is 1.61. The zero-order chi connectivity index (χ0) is 10.7. The van der Waals surface area contributed by atoms with Crippen LogP contribution in [0.1, 0.15) is 11.6 Å². The second-order valence-corrected chi connectivity index (χ2v) is 3.51. The zero-order valence-corrected chi connectivity index (χ0v) is 8.43. The smallest absolute Gasteiger partial charge is 0.100 e. The lowest BCUT2D eigenvalue weighted by atomic mass is 10.0. The highest BCUT2D eigenvalue weighted by molar-refractivity contribution is 5.46. The van der Waals surface area contributed by atoms with Crippen LogP contribution in [0.4, 0.5) is 5.69 Å². The van der Waals surface area contributed by atoms with E-state index in [1.165, 1.54) is 0 Å². The summed E-state index contributed by atoms with van der Waals surface area (Å²) in [5.41, 5.74) is 13.3. The number of rotatable bonds is 2. The van der Waals surface area contributed by atoms with Gasteiger partial charge in [-0.25, -0.2) is 0 Å². The number of hydrogen-bond acceptors (Lipinski definition) is 5. The van der Waals surface area contributed by atoms with Crippen LogP contribution in [0.25, 0.3) is 0 Å². The molecule has 0 aromatic carbocycles. The molecule has 1 aliphatic rings. The Morgan fingerprint density at radius 2 is 2.33 bits per heavy atom. The summed E-state index contributed by atoms with van der Waals surface area (Å²) in [6, 6.07) is 1.46. The predicted molar refractivity (Wildman–Crippen MR) is 56.1 cm³/mol. The second-order valence-electron chi connectivity index (χ2n) is 3.51. The molecule has 5 heteroatoms. The van der Waals surface area contributed by atoms with Crippen molar-refractivity contribution < 1.29 is 9.47 Å². The van der Waals surface area contributed by atoms with Crippen molar-refractivity contribution in [1.29, 1.82) is 0 Å². The van der Waals surface area contributed by atoms with Crippen molar-refractivity contribution >= 4 is 5.69 Å². The lowest BCUT2D eigenvalue weighted by Crippen LogP contribution is -2.38. The van der Waals surface area contributed by atoms with E-state index in [0.717, 1.165) is 5.56 Å². The molecule has 0 saturated carbocycles. The molecule has 4 N–H and O–H groups in total. The van der Waals surface area contributed by atoms with E-state index < -0.39 is 0 Å². The molecule has 15 heavy (non-hydrogen) atoms. The van der Waals surface area contributed by atoms with Gasteiger partial charge in [0.05, 0.1) is 25.9 Å². The molecule has 1 saturated heterocycles. The van der Waals surface area contributed by atoms with Crippen molar-refractivity contribution in [3.63, 3.8) is 0 Å². The Morgan fingerprint density at radius 3 is 3.00 bits per heavy atom. The first kappa shape index (κ1) is 10.4. The first-order valence-corrected chi connectivity index (χ1v) is 4.93. The van der Waals surface area contributed by atoms with Gasteiger partial charge in [-0.1, -0.05) is 0 Å². The van der Waals surface area contributed by atoms with Crippen LogP contribution >= 0.6 is 0 Å². The maximum absolute atomic E-state index is 6.05. The lowest BCUT2D eigenvalue weighted by Gasteiger charge is -2.28. The molecule has 1 fully saturated rings. The summed E-state index contributed by atoms with van der Waals surface area (Å²) < 4.78 is 10.8. The molecule has 2 atom stereocenters. The zero-order valence-electron chi connectivity index (χ0n) is 8.43. The quantitative estimate of drug-likeness (QED) is 0.720. The van der Waals surface area contributed by atoms with Gasteiger partial charge < -0.3 is 20.9 Å². The molecular weight excluding hydrogens is 194 g/mol. The normalized spacial score (nSPS) is 23.7. The van der Waals surface area contributed by atoms with Gasteiger partial charge >= 0.3 is 0 Å². The highest BCUT2D eigenvalue weighted by Crippen LogP contribution is 2.22. The molecule has 0 radical (unpaired) electrons. The minimum Gasteiger partial charge on any atom is -0.398 e. The largest absolute Gasteiger partial charge is 0.398 e. The SMILES string of the molecule is Nc1ccncc1C(N)C1COCCO1. The third kappa shape index (κ3) is 2.26. The van der Waals surface area contributed by atoms with Gasteiger partial charge in [-0.3, -0.25) is 4.98 Å². The third-order valence-electron chi connectivity index (χ3n) is 2.49. The van der Waals surface area contributed by atoms with Gasteiger partial charge in [0.15, 0.2) is 0 Å². The van der Waals surface area contributed by atoms with Crippen LogP contribution in [0, 0.1) is 0 Å². The Labute approximate surface area is 88.4 Å². The maximum atomic E-state index is 6.05. The van der Waals surface area contributed by atoms with Crippen molar-refractivity contribution in [2.75, 3.05) is 25.6 Å². The molecule has 1 aromatic heterocycles. The summed E-state index contributed by atoms with van der Waals surface area (Å²) in [5.74, 6) is 0. The summed E-state index contributed by atoms with van der Waals surface area (Å²) in [5, 5.41) is 0. The van der Waals surface area contributed by atoms with E-state index in [2.05, 4.69) is 4.98 Å². The summed E-state index contributed by atoms with van der Waals surface area (Å²) in [7, 11) is 0. The number of hydrogen-bond donors (Lipinski definition) is 2. The van der Waals surface area contributed by atoms with E-state index in [0.29, 0.717) is 25.5 Å². The number of ether oxygens (including phenoxy) is 2. The molecule has 2 unspecified atom stereocenters. The minimum absolute atomic E-state index is 0.134. The molecule has 1 aromatic rings. The van der Waals surface area contributed by atoms with E-state index in [1.54, 1.807) is 18.5 Å². The molecule has 1 aliphatic heterocycles. The Balaban J connectivity index is 2.12. The maximum Gasteiger partial charge on any atom is 0.100 e. The summed E-state index contributed by atoms with van der Waals surface area (Å²) in [6.45, 7) is 1.72. The van der Waals surface area contributed by atoms with Crippen molar-refractivity contribution in [3.05, 3.63) is 24.0 Å². The van der Waals surface area contributed by atoms with Crippen molar-refractivity contribution in [1.82, 2.24) is 4.98 Å². The lowest BCUT2D eigenvalue weighted by molar-refractivity contribution is -0.0975. The van der Waals surface area contributed by atoms with Crippen molar-refractivity contribution in [2.45, 2.75) is 12.1 Å². The molecule has 82 valence electrons. The van der Waals surface area contributed by atoms with E-state index >= 15 is 0 Å². The number of nitrogens with zero attached hydrogens (tertiary/aromatic N) is 1. The fraction of sp³-hybridized carbons (Fsp3) is 0.500. The highest BCUT2D eigenvalue weighted by Gasteiger charge is 2.24. The average Bonchev–Trinajstić information content (AvgIpc) is 2.30. The molecule has 0 amide bonds. The topological polar surface area (TPSA) is 83.4 Å².